The SMILES string of the molecule is CC(N)CN(C)C(C)c1cc(F)ccc1F. The Hall–Kier alpha value is -1.00. The van der Waals surface area contributed by atoms with Crippen molar-refractivity contribution >= 4 is 0 Å². The lowest BCUT2D eigenvalue weighted by molar-refractivity contribution is 0.244. The molecule has 1 aromatic carbocycles. The normalized spacial score (nSPS) is 15.2. The Morgan fingerprint density at radius 3 is 2.50 bits per heavy atom. The molecule has 2 N–H and O–H groups in total. The number of rotatable bonds is 4. The van der Waals surface area contributed by atoms with Crippen LogP contribution in [0.1, 0.15) is 25.5 Å². The molecule has 0 saturated heterocycles. The molecule has 2 unspecified atom stereocenters. The fourth-order valence-corrected chi connectivity index (χ4v) is 1.68. The average Bonchev–Trinajstić information content (AvgIpc) is 2.19. The van der Waals surface area contributed by atoms with Gasteiger partial charge in [0.1, 0.15) is 11.6 Å². The van der Waals surface area contributed by atoms with Crippen LogP contribution in [0.2, 0.25) is 0 Å². The molecule has 2 nitrogen and oxygen atoms in total. The number of hydrogen-bond donors (Lipinski definition) is 1. The van der Waals surface area contributed by atoms with E-state index < -0.39 is 5.82 Å². The average molecular weight is 228 g/mol. The molecule has 0 saturated carbocycles. The molecule has 16 heavy (non-hydrogen) atoms. The molecule has 1 aromatic rings. The highest BCUT2D eigenvalue weighted by atomic mass is 19.1. The smallest absolute Gasteiger partial charge is 0.128 e. The van der Waals surface area contributed by atoms with E-state index in [9.17, 15) is 8.78 Å². The number of benzene rings is 1. The van der Waals surface area contributed by atoms with E-state index in [-0.39, 0.29) is 17.9 Å². The number of hydrogen-bond acceptors (Lipinski definition) is 2. The molecule has 90 valence electrons. The summed E-state index contributed by atoms with van der Waals surface area (Å²) in [5.41, 5.74) is 6.03. The van der Waals surface area contributed by atoms with Gasteiger partial charge in [-0.25, -0.2) is 8.78 Å². The molecule has 0 amide bonds. The first-order chi connectivity index (χ1) is 7.41. The Bertz CT molecular complexity index is 353. The maximum atomic E-state index is 13.5. The van der Waals surface area contributed by atoms with Crippen LogP contribution < -0.4 is 5.73 Å². The molecule has 1 rings (SSSR count). The summed E-state index contributed by atoms with van der Waals surface area (Å²) in [6.07, 6.45) is 0. The van der Waals surface area contributed by atoms with Crippen molar-refractivity contribution < 1.29 is 8.78 Å². The summed E-state index contributed by atoms with van der Waals surface area (Å²) in [7, 11) is 1.85. The third-order valence-electron chi connectivity index (χ3n) is 2.65. The van der Waals surface area contributed by atoms with Gasteiger partial charge in [0.05, 0.1) is 0 Å². The summed E-state index contributed by atoms with van der Waals surface area (Å²) >= 11 is 0. The largest absolute Gasteiger partial charge is 0.327 e. The van der Waals surface area contributed by atoms with E-state index in [2.05, 4.69) is 0 Å². The Labute approximate surface area is 95.1 Å². The first-order valence-electron chi connectivity index (χ1n) is 5.32. The van der Waals surface area contributed by atoms with Crippen molar-refractivity contribution in [3.8, 4) is 0 Å². The van der Waals surface area contributed by atoms with Gasteiger partial charge in [0.2, 0.25) is 0 Å². The first-order valence-corrected chi connectivity index (χ1v) is 5.32. The minimum atomic E-state index is -0.419. The van der Waals surface area contributed by atoms with E-state index in [1.807, 2.05) is 25.8 Å². The monoisotopic (exact) mass is 228 g/mol. The van der Waals surface area contributed by atoms with Gasteiger partial charge >= 0.3 is 0 Å². The minimum absolute atomic E-state index is 0.00377. The van der Waals surface area contributed by atoms with Gasteiger partial charge in [0.15, 0.2) is 0 Å². The Balaban J connectivity index is 2.86. The van der Waals surface area contributed by atoms with Gasteiger partial charge in [-0.2, -0.15) is 0 Å². The zero-order valence-electron chi connectivity index (χ0n) is 9.87. The van der Waals surface area contributed by atoms with Crippen LogP contribution in [-0.4, -0.2) is 24.5 Å². The van der Waals surface area contributed by atoms with Crippen LogP contribution in [0.4, 0.5) is 8.78 Å². The first kappa shape index (κ1) is 13.1. The number of halogens is 2. The predicted molar refractivity (Wildman–Crippen MR) is 61.1 cm³/mol. The Morgan fingerprint density at radius 2 is 1.94 bits per heavy atom. The zero-order valence-corrected chi connectivity index (χ0v) is 9.87. The molecule has 0 spiro atoms. The van der Waals surface area contributed by atoms with Crippen LogP contribution in [-0.2, 0) is 0 Å². The minimum Gasteiger partial charge on any atom is -0.327 e. The Kier molecular flexibility index (Phi) is 4.38. The fraction of sp³-hybridized carbons (Fsp3) is 0.500. The van der Waals surface area contributed by atoms with Crippen LogP contribution in [0.3, 0.4) is 0 Å². The lowest BCUT2D eigenvalue weighted by Crippen LogP contribution is -2.34. The fourth-order valence-electron chi connectivity index (χ4n) is 1.68. The van der Waals surface area contributed by atoms with Gasteiger partial charge in [-0.3, -0.25) is 4.90 Å². The number of nitrogens with two attached hydrogens (primary N) is 1. The number of likely N-dealkylation sites (N-methyl/N-ethyl adjacent to an activating group) is 1. The summed E-state index contributed by atoms with van der Waals surface area (Å²) < 4.78 is 26.5. The van der Waals surface area contributed by atoms with Gasteiger partial charge in [-0.1, -0.05) is 0 Å². The quantitative estimate of drug-likeness (QED) is 0.856. The molecule has 0 heterocycles. The van der Waals surface area contributed by atoms with Crippen molar-refractivity contribution in [1.82, 2.24) is 4.90 Å². The standard InChI is InChI=1S/C12H18F2N2/c1-8(15)7-16(3)9(2)11-6-10(13)4-5-12(11)14/h4-6,8-9H,7,15H2,1-3H3. The van der Waals surface area contributed by atoms with E-state index in [4.69, 9.17) is 5.73 Å². The van der Waals surface area contributed by atoms with E-state index >= 15 is 0 Å². The molecule has 0 fully saturated rings. The molecule has 0 aliphatic rings. The highest BCUT2D eigenvalue weighted by Gasteiger charge is 2.17. The van der Waals surface area contributed by atoms with Crippen molar-refractivity contribution in [1.29, 1.82) is 0 Å². The van der Waals surface area contributed by atoms with Crippen molar-refractivity contribution in [2.24, 2.45) is 5.73 Å². The van der Waals surface area contributed by atoms with Crippen molar-refractivity contribution in [2.45, 2.75) is 25.9 Å². The molecule has 0 aliphatic heterocycles. The lowest BCUT2D eigenvalue weighted by atomic mass is 10.1. The summed E-state index contributed by atoms with van der Waals surface area (Å²) in [6, 6.07) is 3.32. The molecular formula is C12H18F2N2. The number of nitrogens with zero attached hydrogens (tertiary/aromatic N) is 1. The summed E-state index contributed by atoms with van der Waals surface area (Å²) in [4.78, 5) is 1.91. The van der Waals surface area contributed by atoms with Gasteiger partial charge in [0, 0.05) is 24.2 Å². The van der Waals surface area contributed by atoms with Crippen LogP contribution in [0.25, 0.3) is 0 Å². The van der Waals surface area contributed by atoms with Crippen LogP contribution in [0.5, 0.6) is 0 Å². The van der Waals surface area contributed by atoms with Crippen molar-refractivity contribution in [3.05, 3.63) is 35.4 Å². The van der Waals surface area contributed by atoms with Crippen LogP contribution >= 0.6 is 0 Å². The second-order valence-corrected chi connectivity index (χ2v) is 4.26. The van der Waals surface area contributed by atoms with E-state index in [1.54, 1.807) is 0 Å². The Morgan fingerprint density at radius 1 is 1.31 bits per heavy atom. The highest BCUT2D eigenvalue weighted by molar-refractivity contribution is 5.21. The van der Waals surface area contributed by atoms with Crippen LogP contribution in [0, 0.1) is 11.6 Å². The van der Waals surface area contributed by atoms with Crippen molar-refractivity contribution in [2.75, 3.05) is 13.6 Å². The van der Waals surface area contributed by atoms with Gasteiger partial charge in [-0.15, -0.1) is 0 Å². The van der Waals surface area contributed by atoms with Crippen LogP contribution in [0.15, 0.2) is 18.2 Å². The molecule has 2 atom stereocenters. The van der Waals surface area contributed by atoms with Gasteiger partial charge in [0.25, 0.3) is 0 Å². The van der Waals surface area contributed by atoms with Crippen molar-refractivity contribution in [3.63, 3.8) is 0 Å². The predicted octanol–water partition coefficient (Wildman–Crippen LogP) is 2.30. The zero-order chi connectivity index (χ0) is 12.3. The maximum absolute atomic E-state index is 13.5. The maximum Gasteiger partial charge on any atom is 0.128 e. The van der Waals surface area contributed by atoms with E-state index in [1.165, 1.54) is 6.07 Å². The molecule has 0 radical (unpaired) electrons. The lowest BCUT2D eigenvalue weighted by Gasteiger charge is -2.26. The molecule has 0 bridgehead atoms. The van der Waals surface area contributed by atoms with E-state index in [0.29, 0.717) is 12.1 Å². The topological polar surface area (TPSA) is 29.3 Å². The molecule has 0 aromatic heterocycles. The highest BCUT2D eigenvalue weighted by Crippen LogP contribution is 2.22. The summed E-state index contributed by atoms with van der Waals surface area (Å²) in [6.45, 7) is 4.35. The van der Waals surface area contributed by atoms with Gasteiger partial charge < -0.3 is 5.73 Å². The van der Waals surface area contributed by atoms with E-state index in [0.717, 1.165) is 12.1 Å². The summed E-state index contributed by atoms with van der Waals surface area (Å²) in [5, 5.41) is 0. The molecule has 4 heteroatoms. The third-order valence-corrected chi connectivity index (χ3v) is 2.65. The second-order valence-electron chi connectivity index (χ2n) is 4.26. The third kappa shape index (κ3) is 3.25. The summed E-state index contributed by atoms with van der Waals surface area (Å²) in [5.74, 6) is -0.803. The van der Waals surface area contributed by atoms with Gasteiger partial charge in [-0.05, 0) is 39.1 Å². The molecule has 0 aliphatic carbocycles. The second kappa shape index (κ2) is 5.37. The molecular weight excluding hydrogens is 210 g/mol.